The van der Waals surface area contributed by atoms with Gasteiger partial charge < -0.3 is 19.8 Å². The first-order valence-corrected chi connectivity index (χ1v) is 11.2. The number of allylic oxidation sites excluding steroid dienone is 2. The van der Waals surface area contributed by atoms with Crippen molar-refractivity contribution in [2.24, 2.45) is 5.92 Å². The van der Waals surface area contributed by atoms with Gasteiger partial charge in [0, 0.05) is 30.3 Å². The minimum atomic E-state index is -0.513. The van der Waals surface area contributed by atoms with E-state index in [1.54, 1.807) is 24.0 Å². The lowest BCUT2D eigenvalue weighted by Gasteiger charge is -2.32. The summed E-state index contributed by atoms with van der Waals surface area (Å²) in [4.78, 5) is 40.0. The Morgan fingerprint density at radius 3 is 2.42 bits per heavy atom. The molecule has 2 aliphatic carbocycles. The Balaban J connectivity index is 1.75. The van der Waals surface area contributed by atoms with Crippen LogP contribution in [-0.2, 0) is 9.53 Å². The SMILES string of the molecule is CCOC(=O)CCN(CC1CC=CCC1)c1cc(O)c2c(c1O)C(=O)c1ccccc1C2=O. The normalized spacial score (nSPS) is 16.8. The number of esters is 1. The Hall–Kier alpha value is -3.61. The first-order valence-electron chi connectivity index (χ1n) is 11.2. The number of hydrogen-bond donors (Lipinski definition) is 2. The van der Waals surface area contributed by atoms with E-state index < -0.39 is 11.6 Å². The average Bonchev–Trinajstić information content (AvgIpc) is 2.82. The number of fused-ring (bicyclic) bond motifs is 2. The van der Waals surface area contributed by atoms with Crippen molar-refractivity contribution < 1.29 is 29.3 Å². The standard InChI is InChI=1S/C26H27NO6/c1-2-33-21(29)12-13-27(15-16-8-4-3-5-9-16)19-14-20(28)22-23(26(19)32)25(31)18-11-7-6-10-17(18)24(22)30/h3-4,6-7,10-11,14,16,28,32H,2,5,8-9,12-13,15H2,1H3. The van der Waals surface area contributed by atoms with E-state index in [2.05, 4.69) is 12.2 Å². The summed E-state index contributed by atoms with van der Waals surface area (Å²) in [6, 6.07) is 7.69. The molecule has 2 aromatic rings. The van der Waals surface area contributed by atoms with Gasteiger partial charge in [-0.15, -0.1) is 0 Å². The summed E-state index contributed by atoms with van der Waals surface area (Å²) < 4.78 is 5.05. The molecule has 1 unspecified atom stereocenters. The number of aromatic hydroxyl groups is 2. The number of carbonyl (C=O) groups is 3. The molecule has 0 amide bonds. The molecule has 1 atom stereocenters. The summed E-state index contributed by atoms with van der Waals surface area (Å²) in [6.45, 7) is 2.77. The molecular formula is C26H27NO6. The minimum absolute atomic E-state index is 0.0867. The summed E-state index contributed by atoms with van der Waals surface area (Å²) in [7, 11) is 0. The van der Waals surface area contributed by atoms with Gasteiger partial charge in [0.2, 0.25) is 0 Å². The largest absolute Gasteiger partial charge is 0.507 e. The molecule has 7 heteroatoms. The highest BCUT2D eigenvalue weighted by Crippen LogP contribution is 2.44. The Morgan fingerprint density at radius 2 is 1.79 bits per heavy atom. The second-order valence-electron chi connectivity index (χ2n) is 8.37. The van der Waals surface area contributed by atoms with Crippen LogP contribution in [0.15, 0.2) is 42.5 Å². The molecule has 0 spiro atoms. The van der Waals surface area contributed by atoms with Crippen molar-refractivity contribution in [1.82, 2.24) is 0 Å². The van der Waals surface area contributed by atoms with Crippen LogP contribution in [0, 0.1) is 5.92 Å². The van der Waals surface area contributed by atoms with Gasteiger partial charge in [-0.3, -0.25) is 14.4 Å². The predicted molar refractivity (Wildman–Crippen MR) is 123 cm³/mol. The zero-order valence-electron chi connectivity index (χ0n) is 18.5. The number of hydrogen-bond acceptors (Lipinski definition) is 7. The van der Waals surface area contributed by atoms with Gasteiger partial charge in [0.25, 0.3) is 0 Å². The minimum Gasteiger partial charge on any atom is -0.507 e. The van der Waals surface area contributed by atoms with Crippen molar-refractivity contribution in [1.29, 1.82) is 0 Å². The van der Waals surface area contributed by atoms with Crippen molar-refractivity contribution in [3.63, 3.8) is 0 Å². The Kier molecular flexibility index (Phi) is 6.49. The highest BCUT2D eigenvalue weighted by molar-refractivity contribution is 6.30. The third-order valence-corrected chi connectivity index (χ3v) is 6.22. The molecule has 0 saturated carbocycles. The van der Waals surface area contributed by atoms with Gasteiger partial charge in [0.05, 0.1) is 29.8 Å². The fraction of sp³-hybridized carbons (Fsp3) is 0.346. The maximum absolute atomic E-state index is 13.2. The quantitative estimate of drug-likeness (QED) is 0.319. The van der Waals surface area contributed by atoms with Crippen molar-refractivity contribution in [2.75, 3.05) is 24.6 Å². The molecule has 7 nitrogen and oxygen atoms in total. The number of anilines is 1. The second-order valence-corrected chi connectivity index (χ2v) is 8.37. The summed E-state index contributed by atoms with van der Waals surface area (Å²) in [5, 5.41) is 22.0. The number of benzene rings is 2. The van der Waals surface area contributed by atoms with Crippen LogP contribution in [0.5, 0.6) is 11.5 Å². The van der Waals surface area contributed by atoms with Crippen molar-refractivity contribution in [3.05, 3.63) is 64.7 Å². The third kappa shape index (κ3) is 4.35. The van der Waals surface area contributed by atoms with Crippen LogP contribution in [0.1, 0.15) is 64.4 Å². The van der Waals surface area contributed by atoms with E-state index in [0.29, 0.717) is 6.54 Å². The number of phenols is 2. The van der Waals surface area contributed by atoms with E-state index in [9.17, 15) is 24.6 Å². The first kappa shape index (κ1) is 22.6. The summed E-state index contributed by atoms with van der Waals surface area (Å²) in [6.07, 6.45) is 7.09. The van der Waals surface area contributed by atoms with Gasteiger partial charge in [-0.2, -0.15) is 0 Å². The molecule has 0 aromatic heterocycles. The number of ether oxygens (including phenoxy) is 1. The molecule has 0 aliphatic heterocycles. The molecular weight excluding hydrogens is 422 g/mol. The number of rotatable bonds is 7. The highest BCUT2D eigenvalue weighted by atomic mass is 16.5. The molecule has 172 valence electrons. The summed E-state index contributed by atoms with van der Waals surface area (Å²) >= 11 is 0. The van der Waals surface area contributed by atoms with Gasteiger partial charge in [-0.25, -0.2) is 0 Å². The molecule has 0 saturated heterocycles. The van der Waals surface area contributed by atoms with E-state index in [0.717, 1.165) is 19.3 Å². The highest BCUT2D eigenvalue weighted by Gasteiger charge is 2.36. The smallest absolute Gasteiger partial charge is 0.307 e. The molecule has 33 heavy (non-hydrogen) atoms. The monoisotopic (exact) mass is 449 g/mol. The van der Waals surface area contributed by atoms with Crippen LogP contribution >= 0.6 is 0 Å². The fourth-order valence-electron chi connectivity index (χ4n) is 4.59. The predicted octanol–water partition coefficient (Wildman–Crippen LogP) is 3.99. The molecule has 2 aliphatic rings. The van der Waals surface area contributed by atoms with Crippen LogP contribution in [0.2, 0.25) is 0 Å². The molecule has 0 heterocycles. The number of carbonyl (C=O) groups excluding carboxylic acids is 3. The number of phenolic OH excluding ortho intramolecular Hbond substituents is 2. The van der Waals surface area contributed by atoms with E-state index in [1.807, 2.05) is 0 Å². The lowest BCUT2D eigenvalue weighted by Crippen LogP contribution is -2.33. The van der Waals surface area contributed by atoms with E-state index in [1.165, 1.54) is 18.2 Å². The Bertz CT molecular complexity index is 1140. The molecule has 2 N–H and O–H groups in total. The van der Waals surface area contributed by atoms with E-state index in [-0.39, 0.29) is 70.9 Å². The van der Waals surface area contributed by atoms with Gasteiger partial charge >= 0.3 is 5.97 Å². The Morgan fingerprint density at radius 1 is 1.09 bits per heavy atom. The third-order valence-electron chi connectivity index (χ3n) is 6.22. The molecule has 0 radical (unpaired) electrons. The summed E-state index contributed by atoms with van der Waals surface area (Å²) in [5.41, 5.74) is 0.234. The zero-order chi connectivity index (χ0) is 23.5. The maximum atomic E-state index is 13.2. The number of nitrogens with zero attached hydrogens (tertiary/aromatic N) is 1. The van der Waals surface area contributed by atoms with Gasteiger partial charge in [0.15, 0.2) is 17.3 Å². The molecule has 2 aromatic carbocycles. The fourth-order valence-corrected chi connectivity index (χ4v) is 4.59. The maximum Gasteiger partial charge on any atom is 0.307 e. The molecule has 0 bridgehead atoms. The first-order chi connectivity index (χ1) is 15.9. The second kappa shape index (κ2) is 9.48. The van der Waals surface area contributed by atoms with Crippen molar-refractivity contribution in [2.45, 2.75) is 32.6 Å². The molecule has 4 rings (SSSR count). The van der Waals surface area contributed by atoms with Gasteiger partial charge in [-0.1, -0.05) is 36.4 Å². The van der Waals surface area contributed by atoms with Crippen LogP contribution in [0.25, 0.3) is 0 Å². The molecule has 0 fully saturated rings. The number of ketones is 2. The Labute approximate surface area is 192 Å². The van der Waals surface area contributed by atoms with Crippen LogP contribution in [0.4, 0.5) is 5.69 Å². The van der Waals surface area contributed by atoms with Crippen molar-refractivity contribution >= 4 is 23.2 Å². The van der Waals surface area contributed by atoms with E-state index in [4.69, 9.17) is 4.74 Å². The lowest BCUT2D eigenvalue weighted by atomic mass is 9.82. The lowest BCUT2D eigenvalue weighted by molar-refractivity contribution is -0.142. The summed E-state index contributed by atoms with van der Waals surface area (Å²) in [5.74, 6) is -1.82. The van der Waals surface area contributed by atoms with Gasteiger partial charge in [0.1, 0.15) is 5.75 Å². The van der Waals surface area contributed by atoms with Crippen molar-refractivity contribution in [3.8, 4) is 11.5 Å². The van der Waals surface area contributed by atoms with Crippen LogP contribution in [-0.4, -0.2) is 47.4 Å². The van der Waals surface area contributed by atoms with E-state index >= 15 is 0 Å². The van der Waals surface area contributed by atoms with Gasteiger partial charge in [-0.05, 0) is 32.1 Å². The topological polar surface area (TPSA) is 104 Å². The average molecular weight is 450 g/mol. The zero-order valence-corrected chi connectivity index (χ0v) is 18.5. The van der Waals surface area contributed by atoms with Crippen LogP contribution < -0.4 is 4.90 Å². The van der Waals surface area contributed by atoms with Crippen LogP contribution in [0.3, 0.4) is 0 Å².